The summed E-state index contributed by atoms with van der Waals surface area (Å²) in [5, 5.41) is 0.0227. The first kappa shape index (κ1) is 17.3. The molecule has 0 aliphatic carbocycles. The minimum absolute atomic E-state index is 0.0227. The number of carbonyl (C=O) groups is 2. The van der Waals surface area contributed by atoms with Gasteiger partial charge in [0.1, 0.15) is 0 Å². The highest BCUT2D eigenvalue weighted by Gasteiger charge is 2.07. The van der Waals surface area contributed by atoms with Gasteiger partial charge < -0.3 is 9.47 Å². The van der Waals surface area contributed by atoms with Crippen LogP contribution < -0.4 is 0 Å². The van der Waals surface area contributed by atoms with Crippen LogP contribution in [-0.4, -0.2) is 30.4 Å². The number of unbranched alkanes of at least 4 members (excludes halogenated alkanes) is 1. The van der Waals surface area contributed by atoms with E-state index < -0.39 is 0 Å². The van der Waals surface area contributed by atoms with Crippen LogP contribution in [0.4, 0.5) is 0 Å². The number of carbonyl (C=O) groups excluding carboxylic acids is 2. The second-order valence-electron chi connectivity index (χ2n) is 4.80. The van der Waals surface area contributed by atoms with Gasteiger partial charge in [-0.25, -0.2) is 0 Å². The molecule has 1 atom stereocenters. The van der Waals surface area contributed by atoms with E-state index in [4.69, 9.17) is 9.47 Å². The molecule has 0 saturated carbocycles. The van der Waals surface area contributed by atoms with Crippen molar-refractivity contribution in [2.24, 2.45) is 5.92 Å². The summed E-state index contributed by atoms with van der Waals surface area (Å²) in [4.78, 5) is 22.4. The Kier molecular flexibility index (Phi) is 9.83. The van der Waals surface area contributed by atoms with Crippen LogP contribution in [0.25, 0.3) is 0 Å². The number of hydrogen-bond donors (Lipinski definition) is 1. The van der Waals surface area contributed by atoms with Gasteiger partial charge in [0.2, 0.25) is 0 Å². The Hall–Kier alpha value is -0.710. The molecule has 0 radical (unpaired) electrons. The van der Waals surface area contributed by atoms with Gasteiger partial charge in [0.05, 0.1) is 19.6 Å². The molecule has 0 fully saturated rings. The van der Waals surface area contributed by atoms with E-state index in [1.807, 2.05) is 20.8 Å². The summed E-state index contributed by atoms with van der Waals surface area (Å²) in [6.45, 7) is 6.57. The molecular formula is C13H24O4S. The van der Waals surface area contributed by atoms with Crippen molar-refractivity contribution in [3.05, 3.63) is 0 Å². The van der Waals surface area contributed by atoms with Crippen LogP contribution in [0, 0.1) is 5.92 Å². The van der Waals surface area contributed by atoms with Crippen LogP contribution in [0.5, 0.6) is 0 Å². The second-order valence-corrected chi connectivity index (χ2v) is 5.68. The third-order valence-corrected chi connectivity index (χ3v) is 2.28. The first-order chi connectivity index (χ1) is 8.41. The second kappa shape index (κ2) is 10.2. The highest BCUT2D eigenvalue weighted by Crippen LogP contribution is 2.03. The van der Waals surface area contributed by atoms with Gasteiger partial charge in [-0.1, -0.05) is 20.8 Å². The lowest BCUT2D eigenvalue weighted by Gasteiger charge is -2.07. The molecule has 0 aromatic carbocycles. The summed E-state index contributed by atoms with van der Waals surface area (Å²) < 4.78 is 10.0. The van der Waals surface area contributed by atoms with Crippen LogP contribution in [0.2, 0.25) is 0 Å². The number of thiol groups is 1. The molecule has 0 rings (SSSR count). The van der Waals surface area contributed by atoms with Crippen molar-refractivity contribution in [2.45, 2.75) is 51.7 Å². The Morgan fingerprint density at radius 2 is 1.39 bits per heavy atom. The maximum absolute atomic E-state index is 11.2. The predicted octanol–water partition coefficient (Wildman–Crippen LogP) is 2.61. The number of hydrogen-bond acceptors (Lipinski definition) is 5. The predicted molar refractivity (Wildman–Crippen MR) is 73.7 cm³/mol. The van der Waals surface area contributed by atoms with E-state index in [0.29, 0.717) is 44.8 Å². The van der Waals surface area contributed by atoms with Crippen LogP contribution in [0.3, 0.4) is 0 Å². The molecule has 1 unspecified atom stereocenters. The first-order valence-corrected chi connectivity index (χ1v) is 6.92. The van der Waals surface area contributed by atoms with E-state index in [9.17, 15) is 9.59 Å². The van der Waals surface area contributed by atoms with Crippen LogP contribution >= 0.6 is 12.6 Å². The Morgan fingerprint density at radius 3 is 1.78 bits per heavy atom. The van der Waals surface area contributed by atoms with Gasteiger partial charge in [0.15, 0.2) is 0 Å². The molecule has 0 aliphatic heterocycles. The molecule has 0 spiro atoms. The highest BCUT2D eigenvalue weighted by atomic mass is 32.1. The lowest BCUT2D eigenvalue weighted by atomic mass is 10.1. The van der Waals surface area contributed by atoms with Crippen molar-refractivity contribution >= 4 is 24.6 Å². The van der Waals surface area contributed by atoms with Gasteiger partial charge in [-0.3, -0.25) is 9.59 Å². The molecule has 5 heteroatoms. The topological polar surface area (TPSA) is 52.6 Å². The fourth-order valence-corrected chi connectivity index (χ4v) is 1.42. The number of rotatable bonds is 9. The average Bonchev–Trinajstić information content (AvgIpc) is 2.20. The van der Waals surface area contributed by atoms with Crippen LogP contribution in [0.1, 0.15) is 46.5 Å². The summed E-state index contributed by atoms with van der Waals surface area (Å²) in [6.07, 6.45) is 2.20. The minimum atomic E-state index is -0.227. The number of ether oxygens (including phenoxy) is 2. The van der Waals surface area contributed by atoms with Crippen molar-refractivity contribution in [3.8, 4) is 0 Å². The van der Waals surface area contributed by atoms with E-state index in [2.05, 4.69) is 12.6 Å². The smallest absolute Gasteiger partial charge is 0.306 e. The van der Waals surface area contributed by atoms with Crippen molar-refractivity contribution in [2.75, 3.05) is 13.2 Å². The lowest BCUT2D eigenvalue weighted by molar-refractivity contribution is -0.146. The standard InChI is InChI=1S/C13H24O4S/c1-10(2)8-12(14)16-6-4-5-7-17-13(15)9-11(3)18/h10-11,18H,4-9H2,1-3H3. The third-order valence-electron chi connectivity index (χ3n) is 2.10. The van der Waals surface area contributed by atoms with Gasteiger partial charge in [0.25, 0.3) is 0 Å². The van der Waals surface area contributed by atoms with Crippen LogP contribution in [0.15, 0.2) is 0 Å². The Morgan fingerprint density at radius 1 is 0.944 bits per heavy atom. The van der Waals surface area contributed by atoms with Gasteiger partial charge in [0, 0.05) is 11.7 Å². The molecule has 0 saturated heterocycles. The summed E-state index contributed by atoms with van der Waals surface area (Å²) in [7, 11) is 0. The Bertz CT molecular complexity index is 225. The zero-order chi connectivity index (χ0) is 14.0. The van der Waals surface area contributed by atoms with Crippen LogP contribution in [-0.2, 0) is 19.1 Å². The van der Waals surface area contributed by atoms with Gasteiger partial charge in [-0.05, 0) is 18.8 Å². The maximum atomic E-state index is 11.2. The molecule has 18 heavy (non-hydrogen) atoms. The van der Waals surface area contributed by atoms with E-state index >= 15 is 0 Å². The maximum Gasteiger partial charge on any atom is 0.306 e. The molecule has 0 amide bonds. The van der Waals surface area contributed by atoms with Gasteiger partial charge >= 0.3 is 11.9 Å². The molecule has 0 bridgehead atoms. The third kappa shape index (κ3) is 11.8. The molecule has 4 nitrogen and oxygen atoms in total. The fourth-order valence-electron chi connectivity index (χ4n) is 1.27. The van der Waals surface area contributed by atoms with Crippen molar-refractivity contribution in [1.82, 2.24) is 0 Å². The first-order valence-electron chi connectivity index (χ1n) is 6.41. The Labute approximate surface area is 115 Å². The van der Waals surface area contributed by atoms with Crippen molar-refractivity contribution < 1.29 is 19.1 Å². The van der Waals surface area contributed by atoms with E-state index in [-0.39, 0.29) is 17.2 Å². The van der Waals surface area contributed by atoms with Crippen molar-refractivity contribution in [3.63, 3.8) is 0 Å². The van der Waals surface area contributed by atoms with E-state index in [1.54, 1.807) is 0 Å². The number of esters is 2. The van der Waals surface area contributed by atoms with Crippen molar-refractivity contribution in [1.29, 1.82) is 0 Å². The lowest BCUT2D eigenvalue weighted by Crippen LogP contribution is -2.12. The SMILES string of the molecule is CC(C)CC(=O)OCCCCOC(=O)CC(C)S. The highest BCUT2D eigenvalue weighted by molar-refractivity contribution is 7.80. The molecule has 106 valence electrons. The molecular weight excluding hydrogens is 252 g/mol. The molecule has 0 aromatic rings. The van der Waals surface area contributed by atoms with Gasteiger partial charge in [-0.2, -0.15) is 12.6 Å². The average molecular weight is 276 g/mol. The summed E-state index contributed by atoms with van der Waals surface area (Å²) in [5.41, 5.74) is 0. The zero-order valence-corrected chi connectivity index (χ0v) is 12.4. The zero-order valence-electron chi connectivity index (χ0n) is 11.5. The largest absolute Gasteiger partial charge is 0.466 e. The fraction of sp³-hybridized carbons (Fsp3) is 0.846. The Balaban J connectivity index is 3.36. The molecule has 0 N–H and O–H groups in total. The van der Waals surface area contributed by atoms with E-state index in [0.717, 1.165) is 0 Å². The monoisotopic (exact) mass is 276 g/mol. The van der Waals surface area contributed by atoms with E-state index in [1.165, 1.54) is 0 Å². The molecule has 0 heterocycles. The summed E-state index contributed by atoms with van der Waals surface area (Å²) >= 11 is 4.11. The van der Waals surface area contributed by atoms with Gasteiger partial charge in [-0.15, -0.1) is 0 Å². The normalized spacial score (nSPS) is 12.3. The minimum Gasteiger partial charge on any atom is -0.466 e. The summed E-state index contributed by atoms with van der Waals surface area (Å²) in [5.74, 6) is -0.0677. The summed E-state index contributed by atoms with van der Waals surface area (Å²) in [6, 6.07) is 0. The molecule has 0 aromatic heterocycles. The quantitative estimate of drug-likeness (QED) is 0.399. The molecule has 0 aliphatic rings.